The van der Waals surface area contributed by atoms with Crippen molar-refractivity contribution in [1.82, 2.24) is 4.90 Å². The molecule has 1 saturated carbocycles. The Bertz CT molecular complexity index is 404. The Morgan fingerprint density at radius 2 is 1.63 bits per heavy atom. The van der Waals surface area contributed by atoms with Crippen LogP contribution in [-0.4, -0.2) is 37.1 Å². The zero-order chi connectivity index (χ0) is 13.2. The SMILES string of the molecule is Cc1ccc(N2CCN([C@@H]3CC[C@@H](C)C3)CC2)cc1. The highest BCUT2D eigenvalue weighted by molar-refractivity contribution is 5.47. The highest BCUT2D eigenvalue weighted by Crippen LogP contribution is 2.29. The number of rotatable bonds is 2. The van der Waals surface area contributed by atoms with E-state index in [9.17, 15) is 0 Å². The molecule has 2 aliphatic rings. The van der Waals surface area contributed by atoms with Gasteiger partial charge in [0.25, 0.3) is 0 Å². The number of hydrogen-bond donors (Lipinski definition) is 0. The molecule has 3 rings (SSSR count). The van der Waals surface area contributed by atoms with Gasteiger partial charge in [0.1, 0.15) is 0 Å². The topological polar surface area (TPSA) is 6.48 Å². The summed E-state index contributed by atoms with van der Waals surface area (Å²) in [6, 6.07) is 9.85. The lowest BCUT2D eigenvalue weighted by Crippen LogP contribution is -2.49. The molecule has 0 bridgehead atoms. The first kappa shape index (κ1) is 13.0. The van der Waals surface area contributed by atoms with Gasteiger partial charge in [-0.2, -0.15) is 0 Å². The van der Waals surface area contributed by atoms with Crippen LogP contribution in [0, 0.1) is 12.8 Å². The Morgan fingerprint density at radius 3 is 2.21 bits per heavy atom. The Kier molecular flexibility index (Phi) is 3.79. The average molecular weight is 258 g/mol. The molecule has 1 aromatic rings. The van der Waals surface area contributed by atoms with Crippen LogP contribution in [-0.2, 0) is 0 Å². The van der Waals surface area contributed by atoms with Crippen molar-refractivity contribution in [3.05, 3.63) is 29.8 Å². The van der Waals surface area contributed by atoms with Crippen molar-refractivity contribution in [3.8, 4) is 0 Å². The molecule has 104 valence electrons. The fourth-order valence-electron chi connectivity index (χ4n) is 3.61. The van der Waals surface area contributed by atoms with E-state index in [1.54, 1.807) is 0 Å². The maximum absolute atomic E-state index is 2.73. The molecular formula is C17H26N2. The van der Waals surface area contributed by atoms with Crippen LogP contribution in [0.25, 0.3) is 0 Å². The van der Waals surface area contributed by atoms with Crippen molar-refractivity contribution in [1.29, 1.82) is 0 Å². The van der Waals surface area contributed by atoms with Crippen LogP contribution in [0.1, 0.15) is 31.7 Å². The number of nitrogens with zero attached hydrogens (tertiary/aromatic N) is 2. The minimum absolute atomic E-state index is 0.871. The number of piperazine rings is 1. The van der Waals surface area contributed by atoms with E-state index >= 15 is 0 Å². The second-order valence-corrected chi connectivity index (χ2v) is 6.43. The third-order valence-corrected chi connectivity index (χ3v) is 4.90. The standard InChI is InChI=1S/C17H26N2/c1-14-3-6-16(7-4-14)18-9-11-19(12-10-18)17-8-5-15(2)13-17/h3-4,6-7,15,17H,5,8-13H2,1-2H3/t15-,17-/m1/s1. The Morgan fingerprint density at radius 1 is 0.947 bits per heavy atom. The van der Waals surface area contributed by atoms with E-state index in [-0.39, 0.29) is 0 Å². The average Bonchev–Trinajstić information content (AvgIpc) is 2.87. The van der Waals surface area contributed by atoms with Gasteiger partial charge >= 0.3 is 0 Å². The van der Waals surface area contributed by atoms with Gasteiger partial charge in [0, 0.05) is 37.9 Å². The molecule has 2 nitrogen and oxygen atoms in total. The van der Waals surface area contributed by atoms with Gasteiger partial charge in [-0.15, -0.1) is 0 Å². The van der Waals surface area contributed by atoms with Crippen LogP contribution < -0.4 is 4.90 Å². The molecule has 1 saturated heterocycles. The molecule has 0 aromatic heterocycles. The van der Waals surface area contributed by atoms with Crippen LogP contribution in [0.4, 0.5) is 5.69 Å². The lowest BCUT2D eigenvalue weighted by Gasteiger charge is -2.39. The maximum Gasteiger partial charge on any atom is 0.0367 e. The summed E-state index contributed by atoms with van der Waals surface area (Å²) in [6.07, 6.45) is 4.28. The highest BCUT2D eigenvalue weighted by atomic mass is 15.3. The lowest BCUT2D eigenvalue weighted by molar-refractivity contribution is 0.184. The number of benzene rings is 1. The van der Waals surface area contributed by atoms with Crippen molar-refractivity contribution >= 4 is 5.69 Å². The first-order valence-corrected chi connectivity index (χ1v) is 7.78. The van der Waals surface area contributed by atoms with Gasteiger partial charge in [0.15, 0.2) is 0 Å². The zero-order valence-electron chi connectivity index (χ0n) is 12.3. The fourth-order valence-corrected chi connectivity index (χ4v) is 3.61. The third kappa shape index (κ3) is 2.94. The summed E-state index contributed by atoms with van der Waals surface area (Å²) in [7, 11) is 0. The molecule has 0 amide bonds. The second-order valence-electron chi connectivity index (χ2n) is 6.43. The molecule has 1 aromatic carbocycles. The van der Waals surface area contributed by atoms with Gasteiger partial charge in [-0.3, -0.25) is 4.90 Å². The van der Waals surface area contributed by atoms with Crippen molar-refractivity contribution < 1.29 is 0 Å². The second kappa shape index (κ2) is 5.54. The van der Waals surface area contributed by atoms with E-state index in [0.29, 0.717) is 0 Å². The summed E-state index contributed by atoms with van der Waals surface area (Å²) in [5.74, 6) is 0.945. The molecule has 1 aliphatic heterocycles. The van der Waals surface area contributed by atoms with Gasteiger partial charge in [-0.05, 0) is 44.2 Å². The van der Waals surface area contributed by atoms with Gasteiger partial charge in [0.2, 0.25) is 0 Å². The first-order chi connectivity index (χ1) is 9.22. The zero-order valence-corrected chi connectivity index (χ0v) is 12.3. The van der Waals surface area contributed by atoms with Gasteiger partial charge in [-0.1, -0.05) is 24.6 Å². The van der Waals surface area contributed by atoms with Crippen molar-refractivity contribution in [2.45, 2.75) is 39.2 Å². The lowest BCUT2D eigenvalue weighted by atomic mass is 10.1. The molecular weight excluding hydrogens is 232 g/mol. The normalized spacial score (nSPS) is 28.8. The maximum atomic E-state index is 2.73. The van der Waals surface area contributed by atoms with E-state index in [4.69, 9.17) is 0 Å². The molecule has 0 unspecified atom stereocenters. The Labute approximate surface area is 117 Å². The van der Waals surface area contributed by atoms with Crippen molar-refractivity contribution in [2.75, 3.05) is 31.1 Å². The first-order valence-electron chi connectivity index (χ1n) is 7.78. The van der Waals surface area contributed by atoms with E-state index in [0.717, 1.165) is 12.0 Å². The van der Waals surface area contributed by atoms with E-state index in [2.05, 4.69) is 47.9 Å². The van der Waals surface area contributed by atoms with E-state index in [1.807, 2.05) is 0 Å². The van der Waals surface area contributed by atoms with E-state index < -0.39 is 0 Å². The largest absolute Gasteiger partial charge is 0.369 e. The Balaban J connectivity index is 1.56. The molecule has 2 fully saturated rings. The van der Waals surface area contributed by atoms with Crippen LogP contribution >= 0.6 is 0 Å². The molecule has 2 atom stereocenters. The van der Waals surface area contributed by atoms with Crippen LogP contribution in [0.5, 0.6) is 0 Å². The van der Waals surface area contributed by atoms with Crippen LogP contribution in [0.2, 0.25) is 0 Å². The van der Waals surface area contributed by atoms with Gasteiger partial charge in [-0.25, -0.2) is 0 Å². The Hall–Kier alpha value is -1.02. The number of hydrogen-bond acceptors (Lipinski definition) is 2. The molecule has 1 heterocycles. The predicted molar refractivity (Wildman–Crippen MR) is 81.8 cm³/mol. The molecule has 0 radical (unpaired) electrons. The number of anilines is 1. The third-order valence-electron chi connectivity index (χ3n) is 4.90. The van der Waals surface area contributed by atoms with E-state index in [1.165, 1.54) is 56.7 Å². The smallest absolute Gasteiger partial charge is 0.0367 e. The van der Waals surface area contributed by atoms with Crippen molar-refractivity contribution in [3.63, 3.8) is 0 Å². The monoisotopic (exact) mass is 258 g/mol. The summed E-state index contributed by atoms with van der Waals surface area (Å²) in [4.78, 5) is 5.27. The number of aryl methyl sites for hydroxylation is 1. The highest BCUT2D eigenvalue weighted by Gasteiger charge is 2.29. The summed E-state index contributed by atoms with van der Waals surface area (Å²) in [5, 5.41) is 0. The predicted octanol–water partition coefficient (Wildman–Crippen LogP) is 3.31. The molecule has 0 N–H and O–H groups in total. The quantitative estimate of drug-likeness (QED) is 0.803. The molecule has 19 heavy (non-hydrogen) atoms. The molecule has 1 aliphatic carbocycles. The summed E-state index contributed by atoms with van der Waals surface area (Å²) >= 11 is 0. The summed E-state index contributed by atoms with van der Waals surface area (Å²) in [5.41, 5.74) is 2.74. The van der Waals surface area contributed by atoms with Crippen LogP contribution in [0.15, 0.2) is 24.3 Å². The minimum Gasteiger partial charge on any atom is -0.369 e. The molecule has 0 spiro atoms. The summed E-state index contributed by atoms with van der Waals surface area (Å²) in [6.45, 7) is 9.42. The summed E-state index contributed by atoms with van der Waals surface area (Å²) < 4.78 is 0. The fraction of sp³-hybridized carbons (Fsp3) is 0.647. The minimum atomic E-state index is 0.871. The molecule has 2 heteroatoms. The van der Waals surface area contributed by atoms with Crippen molar-refractivity contribution in [2.24, 2.45) is 5.92 Å². The van der Waals surface area contributed by atoms with Gasteiger partial charge in [0.05, 0.1) is 0 Å². The van der Waals surface area contributed by atoms with Gasteiger partial charge < -0.3 is 4.90 Å². The van der Waals surface area contributed by atoms with Crippen LogP contribution in [0.3, 0.4) is 0 Å².